The van der Waals surface area contributed by atoms with E-state index >= 15 is 0 Å². The molecule has 41 heavy (non-hydrogen) atoms. The fourth-order valence-corrected chi connectivity index (χ4v) is 7.47. The van der Waals surface area contributed by atoms with Crippen molar-refractivity contribution in [2.75, 3.05) is 33.4 Å². The Bertz CT molecular complexity index is 1340. The molecule has 2 aromatic carbocycles. The number of benzene rings is 2. The summed E-state index contributed by atoms with van der Waals surface area (Å²) < 4.78 is 17.5. The van der Waals surface area contributed by atoms with Crippen molar-refractivity contribution in [3.8, 4) is 0 Å². The third-order valence-corrected chi connectivity index (χ3v) is 9.72. The molecule has 2 amide bonds. The molecule has 0 unspecified atom stereocenters. The van der Waals surface area contributed by atoms with Gasteiger partial charge in [-0.1, -0.05) is 55.3 Å². The molecule has 0 spiro atoms. The molecule has 3 heterocycles. The Morgan fingerprint density at radius 2 is 1.78 bits per heavy atom. The molecule has 0 N–H and O–H groups in total. The highest BCUT2D eigenvalue weighted by atomic mass is 16.5. The van der Waals surface area contributed by atoms with Crippen LogP contribution in [0.15, 0.2) is 54.2 Å². The predicted octanol–water partition coefficient (Wildman–Crippen LogP) is 4.46. The van der Waals surface area contributed by atoms with Crippen molar-refractivity contribution < 1.29 is 28.6 Å². The molecular formula is C33H40N2O6. The molecule has 0 radical (unpaired) electrons. The number of hydrogen-bond donors (Lipinski definition) is 0. The average molecular weight is 561 g/mol. The Kier molecular flexibility index (Phi) is 7.88. The van der Waals surface area contributed by atoms with Gasteiger partial charge in [-0.3, -0.25) is 14.4 Å². The Morgan fingerprint density at radius 1 is 1.05 bits per heavy atom. The van der Waals surface area contributed by atoms with Crippen LogP contribution in [0.2, 0.25) is 0 Å². The molecular weight excluding hydrogens is 520 g/mol. The van der Waals surface area contributed by atoms with E-state index < -0.39 is 23.4 Å². The lowest BCUT2D eigenvalue weighted by atomic mass is 9.66. The highest BCUT2D eigenvalue weighted by molar-refractivity contribution is 5.93. The molecule has 2 aromatic rings. The molecule has 1 saturated carbocycles. The number of ether oxygens (including phenoxy) is 3. The summed E-state index contributed by atoms with van der Waals surface area (Å²) in [5.74, 6) is -0.941. The second kappa shape index (κ2) is 11.6. The van der Waals surface area contributed by atoms with Gasteiger partial charge in [-0.2, -0.15) is 0 Å². The summed E-state index contributed by atoms with van der Waals surface area (Å²) in [7, 11) is 1.39. The van der Waals surface area contributed by atoms with Gasteiger partial charge in [0.1, 0.15) is 5.41 Å². The monoisotopic (exact) mass is 560 g/mol. The number of methoxy groups -OCH3 is 1. The first-order valence-corrected chi connectivity index (χ1v) is 15.0. The van der Waals surface area contributed by atoms with Gasteiger partial charge >= 0.3 is 5.97 Å². The van der Waals surface area contributed by atoms with E-state index in [9.17, 15) is 14.4 Å². The zero-order chi connectivity index (χ0) is 28.6. The number of carbonyl (C=O) groups is 3. The zero-order valence-corrected chi connectivity index (χ0v) is 24.1. The number of nitrogens with zero attached hydrogens (tertiary/aromatic N) is 2. The Hall–Kier alpha value is -3.23. The van der Waals surface area contributed by atoms with Crippen molar-refractivity contribution in [3.63, 3.8) is 0 Å². The quantitative estimate of drug-likeness (QED) is 0.485. The van der Waals surface area contributed by atoms with Crippen LogP contribution in [0.5, 0.6) is 0 Å². The number of fused-ring (bicyclic) bond motifs is 2. The fourth-order valence-electron chi connectivity index (χ4n) is 7.47. The predicted molar refractivity (Wildman–Crippen MR) is 153 cm³/mol. The third-order valence-electron chi connectivity index (χ3n) is 9.72. The number of rotatable bonds is 6. The van der Waals surface area contributed by atoms with Gasteiger partial charge < -0.3 is 24.0 Å². The van der Waals surface area contributed by atoms with E-state index in [1.54, 1.807) is 9.80 Å². The molecule has 3 aliphatic heterocycles. The van der Waals surface area contributed by atoms with E-state index in [1.807, 2.05) is 37.3 Å². The minimum atomic E-state index is -1.18. The van der Waals surface area contributed by atoms with Crippen molar-refractivity contribution >= 4 is 28.6 Å². The molecule has 8 nitrogen and oxygen atoms in total. The van der Waals surface area contributed by atoms with Crippen LogP contribution in [-0.4, -0.2) is 73.2 Å². The van der Waals surface area contributed by atoms with Crippen LogP contribution < -0.4 is 0 Å². The summed E-state index contributed by atoms with van der Waals surface area (Å²) >= 11 is 0. The van der Waals surface area contributed by atoms with E-state index in [1.165, 1.54) is 7.11 Å². The molecule has 0 bridgehead atoms. The van der Waals surface area contributed by atoms with Crippen LogP contribution in [0.25, 0.3) is 10.8 Å². The summed E-state index contributed by atoms with van der Waals surface area (Å²) in [6, 6.07) is 14.2. The maximum absolute atomic E-state index is 14.4. The standard InChI is InChI=1S/C33H40N2O6/c1-22-33(32(38)39-2)20-26(18-30(36)34-14-16-40-17-15-34)31(37)35(29(33)19-28(41-22)24-9-3-4-10-24)21-25-12-7-11-23-8-5-6-13-27(23)25/h5-8,11-13,19,22,24,26,28H,3-4,9-10,14-18,20-21H2,1-2H3/t22-,26+,28-,33+/m1/s1. The lowest BCUT2D eigenvalue weighted by molar-refractivity contribution is -0.178. The van der Waals surface area contributed by atoms with Gasteiger partial charge in [-0.15, -0.1) is 0 Å². The summed E-state index contributed by atoms with van der Waals surface area (Å²) in [6.07, 6.45) is 6.04. The van der Waals surface area contributed by atoms with E-state index in [0.717, 1.165) is 42.0 Å². The van der Waals surface area contributed by atoms with Crippen LogP contribution in [0.3, 0.4) is 0 Å². The van der Waals surface area contributed by atoms with Crippen LogP contribution in [0.4, 0.5) is 0 Å². The number of hydrogen-bond acceptors (Lipinski definition) is 6. The van der Waals surface area contributed by atoms with Crippen molar-refractivity contribution in [2.24, 2.45) is 17.3 Å². The van der Waals surface area contributed by atoms with Gasteiger partial charge in [0.2, 0.25) is 11.8 Å². The Labute approximate surface area is 241 Å². The van der Waals surface area contributed by atoms with Gasteiger partial charge in [0.25, 0.3) is 0 Å². The average Bonchev–Trinajstić information content (AvgIpc) is 3.55. The second-order valence-electron chi connectivity index (χ2n) is 12.0. The van der Waals surface area contributed by atoms with Crippen LogP contribution in [-0.2, 0) is 35.1 Å². The highest BCUT2D eigenvalue weighted by Crippen LogP contribution is 2.52. The summed E-state index contributed by atoms with van der Waals surface area (Å²) in [6.45, 7) is 4.23. The lowest BCUT2D eigenvalue weighted by Crippen LogP contribution is -2.60. The van der Waals surface area contributed by atoms with Gasteiger partial charge in [-0.25, -0.2) is 0 Å². The van der Waals surface area contributed by atoms with E-state index in [0.29, 0.717) is 44.5 Å². The topological polar surface area (TPSA) is 85.4 Å². The van der Waals surface area contributed by atoms with Crippen molar-refractivity contribution in [3.05, 3.63) is 59.8 Å². The number of esters is 1. The second-order valence-corrected chi connectivity index (χ2v) is 12.0. The molecule has 218 valence electrons. The van der Waals surface area contributed by atoms with E-state index in [2.05, 4.69) is 18.2 Å². The molecule has 6 rings (SSSR count). The number of morpholine rings is 1. The largest absolute Gasteiger partial charge is 0.468 e. The lowest BCUT2D eigenvalue weighted by Gasteiger charge is -2.52. The summed E-state index contributed by atoms with van der Waals surface area (Å²) in [5, 5.41) is 2.15. The molecule has 4 atom stereocenters. The number of carbonyl (C=O) groups excluding carboxylic acids is 3. The smallest absolute Gasteiger partial charge is 0.320 e. The Morgan fingerprint density at radius 3 is 2.54 bits per heavy atom. The van der Waals surface area contributed by atoms with Gasteiger partial charge in [0.15, 0.2) is 0 Å². The maximum atomic E-state index is 14.4. The summed E-state index contributed by atoms with van der Waals surface area (Å²) in [5.41, 5.74) is 0.485. The summed E-state index contributed by atoms with van der Waals surface area (Å²) in [4.78, 5) is 45.2. The van der Waals surface area contributed by atoms with Crippen LogP contribution in [0.1, 0.15) is 51.0 Å². The molecule has 3 fully saturated rings. The fraction of sp³-hybridized carbons (Fsp3) is 0.545. The number of amides is 2. The molecule has 4 aliphatic rings. The highest BCUT2D eigenvalue weighted by Gasteiger charge is 2.60. The first-order chi connectivity index (χ1) is 19.9. The minimum absolute atomic E-state index is 0.0374. The SMILES string of the molecule is COC(=O)[C@]12C[C@H](CC(=O)N3CCOCC3)C(=O)N(Cc3cccc4ccccc34)C1=C[C@H](C1CCCC1)O[C@@H]2C. The third kappa shape index (κ3) is 5.06. The van der Waals surface area contributed by atoms with Gasteiger partial charge in [0.05, 0.1) is 39.1 Å². The van der Waals surface area contributed by atoms with Crippen LogP contribution in [0, 0.1) is 17.3 Å². The molecule has 0 aromatic heterocycles. The Balaban J connectivity index is 1.43. The molecule has 2 saturated heterocycles. The first-order valence-electron chi connectivity index (χ1n) is 15.0. The minimum Gasteiger partial charge on any atom is -0.468 e. The number of likely N-dealkylation sites (tertiary alicyclic amines) is 1. The maximum Gasteiger partial charge on any atom is 0.320 e. The number of piperidine rings is 1. The van der Waals surface area contributed by atoms with Crippen molar-refractivity contribution in [1.29, 1.82) is 0 Å². The van der Waals surface area contributed by atoms with E-state index in [-0.39, 0.29) is 30.8 Å². The first kappa shape index (κ1) is 27.9. The van der Waals surface area contributed by atoms with Crippen molar-refractivity contribution in [2.45, 2.75) is 64.2 Å². The molecule has 1 aliphatic carbocycles. The van der Waals surface area contributed by atoms with Gasteiger partial charge in [0, 0.05) is 31.1 Å². The van der Waals surface area contributed by atoms with Gasteiger partial charge in [-0.05, 0) is 54.5 Å². The van der Waals surface area contributed by atoms with Crippen molar-refractivity contribution in [1.82, 2.24) is 9.80 Å². The zero-order valence-electron chi connectivity index (χ0n) is 24.1. The normalized spacial score (nSPS) is 28.9. The van der Waals surface area contributed by atoms with Crippen LogP contribution >= 0.6 is 0 Å². The van der Waals surface area contributed by atoms with E-state index in [4.69, 9.17) is 14.2 Å². The molecule has 8 heteroatoms.